The molecule has 1 aliphatic carbocycles. The highest BCUT2D eigenvalue weighted by atomic mass is 19.3. The van der Waals surface area contributed by atoms with Gasteiger partial charge in [0.05, 0.1) is 12.1 Å². The molecule has 2 heterocycles. The van der Waals surface area contributed by atoms with Crippen LogP contribution < -0.4 is 15.4 Å². The minimum absolute atomic E-state index is 0.0593. The minimum atomic E-state index is -3.02. The molecule has 9 nitrogen and oxygen atoms in total. The quantitative estimate of drug-likeness (QED) is 0.301. The Balaban J connectivity index is 1.44. The van der Waals surface area contributed by atoms with E-state index in [1.54, 1.807) is 12.1 Å². The second-order valence-electron chi connectivity index (χ2n) is 11.2. The molecule has 3 N–H and O–H groups in total. The highest BCUT2D eigenvalue weighted by Crippen LogP contribution is 2.35. The molecule has 1 unspecified atom stereocenters. The van der Waals surface area contributed by atoms with Crippen LogP contribution in [0.25, 0.3) is 10.9 Å². The van der Waals surface area contributed by atoms with Gasteiger partial charge in [-0.1, -0.05) is 43.3 Å². The summed E-state index contributed by atoms with van der Waals surface area (Å²) in [6, 6.07) is 15.7. The first-order chi connectivity index (χ1) is 20.8. The number of ether oxygens (including phenoxy) is 1. The summed E-state index contributed by atoms with van der Waals surface area (Å²) in [5, 5.41) is 16.4. The average Bonchev–Trinajstić information content (AvgIpc) is 3.74. The summed E-state index contributed by atoms with van der Waals surface area (Å²) >= 11 is 0. The van der Waals surface area contributed by atoms with Gasteiger partial charge in [0.25, 0.3) is 5.91 Å². The van der Waals surface area contributed by atoms with Gasteiger partial charge in [-0.05, 0) is 56.0 Å². The van der Waals surface area contributed by atoms with Crippen LogP contribution in [0.4, 0.5) is 8.78 Å². The number of halogens is 2. The lowest BCUT2D eigenvalue weighted by Crippen LogP contribution is -2.55. The van der Waals surface area contributed by atoms with Gasteiger partial charge in [0.1, 0.15) is 29.3 Å². The number of ketones is 1. The van der Waals surface area contributed by atoms with Crippen molar-refractivity contribution in [3.05, 3.63) is 65.9 Å². The Morgan fingerprint density at radius 1 is 1.19 bits per heavy atom. The average molecular weight is 592 g/mol. The molecule has 2 amide bonds. The molecular formula is C32H35F2N5O4. The van der Waals surface area contributed by atoms with Crippen LogP contribution in [0.1, 0.15) is 61.0 Å². The van der Waals surface area contributed by atoms with Crippen molar-refractivity contribution >= 4 is 28.5 Å². The van der Waals surface area contributed by atoms with Crippen LogP contribution in [-0.2, 0) is 9.59 Å². The molecule has 1 saturated carbocycles. The number of rotatable bonds is 11. The number of benzene rings is 2. The molecule has 5 atom stereocenters. The maximum Gasteiger partial charge on any atom is 0.387 e. The first-order valence-corrected chi connectivity index (χ1v) is 14.7. The lowest BCUT2D eigenvalue weighted by Gasteiger charge is -2.29. The maximum absolute atomic E-state index is 14.0. The van der Waals surface area contributed by atoms with Crippen LogP contribution in [0.15, 0.2) is 54.6 Å². The standard InChI is InChI=1S/C32H35F2N5O4/c1-2-36-26(17-35)24(14-20-10-6-12-28(20)40)38-30(41)27-15-21(19-8-4-3-5-9-19)18-39(27)31(42)25-16-22-23(37-25)11-7-13-29(22)43-32(33)34/h3-5,7-9,11,13,16,20-21,24,26-27,32,36-37H,2,6,10,12,14-15,18H2,1H3,(H,38,41)/t20-,21+,24-,26?,27-/m0/s1. The zero-order chi connectivity index (χ0) is 30.5. The van der Waals surface area contributed by atoms with E-state index in [0.29, 0.717) is 36.7 Å². The first-order valence-electron chi connectivity index (χ1n) is 14.7. The molecule has 1 aromatic heterocycles. The van der Waals surface area contributed by atoms with E-state index in [9.17, 15) is 28.4 Å². The van der Waals surface area contributed by atoms with Crippen LogP contribution in [0.3, 0.4) is 0 Å². The van der Waals surface area contributed by atoms with Crippen LogP contribution >= 0.6 is 0 Å². The number of nitrogens with zero attached hydrogens (tertiary/aromatic N) is 2. The topological polar surface area (TPSA) is 127 Å². The van der Waals surface area contributed by atoms with Crippen molar-refractivity contribution in [3.63, 3.8) is 0 Å². The lowest BCUT2D eigenvalue weighted by atomic mass is 9.92. The number of hydrogen-bond donors (Lipinski definition) is 3. The van der Waals surface area contributed by atoms with Gasteiger partial charge in [0.2, 0.25) is 5.91 Å². The predicted octanol–water partition coefficient (Wildman–Crippen LogP) is 4.51. The van der Waals surface area contributed by atoms with E-state index in [2.05, 4.69) is 26.4 Å². The Bertz CT molecular complexity index is 1500. The maximum atomic E-state index is 14.0. The molecule has 1 saturated heterocycles. The number of alkyl halides is 2. The number of fused-ring (bicyclic) bond motifs is 1. The Kier molecular flexibility index (Phi) is 9.36. The summed E-state index contributed by atoms with van der Waals surface area (Å²) in [5.74, 6) is -1.13. The fourth-order valence-electron chi connectivity index (χ4n) is 6.37. The molecule has 226 valence electrons. The summed E-state index contributed by atoms with van der Waals surface area (Å²) in [5.41, 5.74) is 1.57. The molecule has 3 aromatic rings. The molecular weight excluding hydrogens is 556 g/mol. The number of H-pyrrole nitrogens is 1. The van der Waals surface area contributed by atoms with E-state index in [0.717, 1.165) is 18.4 Å². The third-order valence-electron chi connectivity index (χ3n) is 8.47. The second-order valence-corrected chi connectivity index (χ2v) is 11.2. The molecule has 2 aliphatic rings. The zero-order valence-electron chi connectivity index (χ0n) is 23.9. The number of likely N-dealkylation sites (tertiary alicyclic amines) is 1. The van der Waals surface area contributed by atoms with Gasteiger partial charge >= 0.3 is 6.61 Å². The van der Waals surface area contributed by atoms with Crippen molar-refractivity contribution in [2.24, 2.45) is 5.92 Å². The molecule has 0 spiro atoms. The molecule has 1 aliphatic heterocycles. The highest BCUT2D eigenvalue weighted by molar-refractivity contribution is 6.02. The van der Waals surface area contributed by atoms with E-state index in [4.69, 9.17) is 0 Å². The van der Waals surface area contributed by atoms with E-state index in [1.165, 1.54) is 17.0 Å². The number of carbonyl (C=O) groups excluding carboxylic acids is 3. The molecule has 2 aromatic carbocycles. The number of Topliss-reactive ketones (excluding diaryl/α,β-unsaturated/α-hetero) is 1. The first kappa shape index (κ1) is 30.2. The SMILES string of the molecule is CCNC(C#N)[C@H](C[C@@H]1CCCC1=O)NC(=O)[C@@H]1C[C@@H](c2ccccc2)CN1C(=O)c1cc2c(OC(F)F)cccc2[nH]1. The van der Waals surface area contributed by atoms with Crippen LogP contribution in [-0.4, -0.2) is 65.3 Å². The van der Waals surface area contributed by atoms with Gasteiger partial charge in [-0.2, -0.15) is 14.0 Å². The Morgan fingerprint density at radius 2 is 1.98 bits per heavy atom. The van der Waals surface area contributed by atoms with Gasteiger partial charge < -0.3 is 25.3 Å². The number of amides is 2. The number of carbonyl (C=O) groups is 3. The summed E-state index contributed by atoms with van der Waals surface area (Å²) in [4.78, 5) is 44.9. The van der Waals surface area contributed by atoms with Crippen molar-refractivity contribution in [2.75, 3.05) is 13.1 Å². The molecule has 11 heteroatoms. The number of nitrogens with one attached hydrogen (secondary N) is 3. The van der Waals surface area contributed by atoms with Gasteiger partial charge in [0.15, 0.2) is 0 Å². The van der Waals surface area contributed by atoms with E-state index < -0.39 is 36.6 Å². The summed E-state index contributed by atoms with van der Waals surface area (Å²) in [6.07, 6.45) is 2.71. The normalized spacial score (nSPS) is 21.6. The van der Waals surface area contributed by atoms with Gasteiger partial charge in [-0.15, -0.1) is 0 Å². The lowest BCUT2D eigenvalue weighted by molar-refractivity contribution is -0.126. The molecule has 5 rings (SSSR count). The van der Waals surface area contributed by atoms with Crippen LogP contribution in [0, 0.1) is 17.2 Å². The summed E-state index contributed by atoms with van der Waals surface area (Å²) in [6.45, 7) is -0.392. The van der Waals surface area contributed by atoms with Crippen molar-refractivity contribution in [1.82, 2.24) is 20.5 Å². The van der Waals surface area contributed by atoms with Gasteiger partial charge in [-0.25, -0.2) is 0 Å². The fraction of sp³-hybridized carbons (Fsp3) is 0.438. The molecule has 43 heavy (non-hydrogen) atoms. The smallest absolute Gasteiger partial charge is 0.387 e. The second kappa shape index (κ2) is 13.3. The number of aromatic nitrogens is 1. The largest absolute Gasteiger partial charge is 0.434 e. The summed E-state index contributed by atoms with van der Waals surface area (Å²) in [7, 11) is 0. The van der Waals surface area contributed by atoms with Crippen LogP contribution in [0.5, 0.6) is 5.75 Å². The number of nitriles is 1. The van der Waals surface area contributed by atoms with E-state index in [1.807, 2.05) is 37.3 Å². The molecule has 0 bridgehead atoms. The number of aromatic amines is 1. The fourth-order valence-corrected chi connectivity index (χ4v) is 6.37. The van der Waals surface area contributed by atoms with E-state index in [-0.39, 0.29) is 35.6 Å². The predicted molar refractivity (Wildman–Crippen MR) is 156 cm³/mol. The van der Waals surface area contributed by atoms with E-state index >= 15 is 0 Å². The minimum Gasteiger partial charge on any atom is -0.434 e. The van der Waals surface area contributed by atoms with Crippen molar-refractivity contribution < 1.29 is 27.9 Å². The molecule has 0 radical (unpaired) electrons. The van der Waals surface area contributed by atoms with Crippen molar-refractivity contribution in [2.45, 2.75) is 69.7 Å². The Labute approximate surface area is 248 Å². The number of likely N-dealkylation sites (N-methyl/N-ethyl adjacent to an activating group) is 1. The highest BCUT2D eigenvalue weighted by Gasteiger charge is 2.42. The third kappa shape index (κ3) is 6.70. The van der Waals surface area contributed by atoms with Crippen molar-refractivity contribution in [3.8, 4) is 11.8 Å². The molecule has 2 fully saturated rings. The van der Waals surface area contributed by atoms with Crippen LogP contribution in [0.2, 0.25) is 0 Å². The monoisotopic (exact) mass is 591 g/mol. The Morgan fingerprint density at radius 3 is 2.65 bits per heavy atom. The van der Waals surface area contributed by atoms with Gasteiger partial charge in [-0.3, -0.25) is 14.4 Å². The Hall–Kier alpha value is -4.30. The zero-order valence-corrected chi connectivity index (χ0v) is 23.9. The summed E-state index contributed by atoms with van der Waals surface area (Å²) < 4.78 is 30.6. The third-order valence-corrected chi connectivity index (χ3v) is 8.47. The number of hydrogen-bond acceptors (Lipinski definition) is 6. The van der Waals surface area contributed by atoms with Crippen molar-refractivity contribution in [1.29, 1.82) is 5.26 Å². The van der Waals surface area contributed by atoms with Gasteiger partial charge in [0, 0.05) is 35.7 Å².